The largest absolute Gasteiger partial charge is 0.484 e. The van der Waals surface area contributed by atoms with E-state index in [1.54, 1.807) is 24.5 Å². The first-order valence-corrected chi connectivity index (χ1v) is 22.1. The molecule has 5 fully saturated rings. The van der Waals surface area contributed by atoms with Crippen LogP contribution in [0, 0.1) is 23.5 Å². The van der Waals surface area contributed by atoms with Gasteiger partial charge in [-0.05, 0) is 102 Å². The number of anilines is 2. The van der Waals surface area contributed by atoms with Crippen molar-refractivity contribution < 1.29 is 27.9 Å². The number of rotatable bonds is 10. The summed E-state index contributed by atoms with van der Waals surface area (Å²) in [7, 11) is 0. The number of piperazine rings is 1. The molecule has 5 aliphatic heterocycles. The van der Waals surface area contributed by atoms with Crippen molar-refractivity contribution in [3.63, 3.8) is 0 Å². The molecular weight excluding hydrogens is 783 g/mol. The highest BCUT2D eigenvalue weighted by atomic mass is 19.1. The van der Waals surface area contributed by atoms with Crippen LogP contribution in [0.3, 0.4) is 0 Å². The van der Waals surface area contributed by atoms with Crippen molar-refractivity contribution in [1.82, 2.24) is 40.2 Å². The Morgan fingerprint density at radius 2 is 1.62 bits per heavy atom. The van der Waals surface area contributed by atoms with Crippen molar-refractivity contribution in [3.8, 4) is 17.1 Å². The molecule has 1 aliphatic carbocycles. The lowest BCUT2D eigenvalue weighted by molar-refractivity contribution is -0.136. The van der Waals surface area contributed by atoms with Crippen molar-refractivity contribution in [3.05, 3.63) is 59.4 Å². The van der Waals surface area contributed by atoms with Gasteiger partial charge >= 0.3 is 0 Å². The predicted molar refractivity (Wildman–Crippen MR) is 225 cm³/mol. The Balaban J connectivity index is 0.681. The molecule has 2 aromatic heterocycles. The fourth-order valence-corrected chi connectivity index (χ4v) is 10.3. The number of hydrogen-bond donors (Lipinski definition) is 2. The number of nitrogens with one attached hydrogen (secondary N) is 2. The number of amides is 3. The van der Waals surface area contributed by atoms with E-state index < -0.39 is 17.8 Å². The molecule has 7 heterocycles. The molecule has 2 atom stereocenters. The Labute approximate surface area is 354 Å². The molecule has 16 heteroatoms. The van der Waals surface area contributed by atoms with Crippen LogP contribution in [0.4, 0.5) is 20.3 Å². The van der Waals surface area contributed by atoms with Gasteiger partial charge in [0.25, 0.3) is 5.91 Å². The van der Waals surface area contributed by atoms with Crippen molar-refractivity contribution in [2.45, 2.75) is 89.4 Å². The summed E-state index contributed by atoms with van der Waals surface area (Å²) in [5.74, 6) is 0.421. The van der Waals surface area contributed by atoms with Gasteiger partial charge in [0, 0.05) is 86.9 Å². The Hall–Kier alpha value is -5.22. The fraction of sp³-hybridized carbons (Fsp3) is 0.556. The molecular formula is C45H54F2N10O4. The van der Waals surface area contributed by atoms with E-state index in [4.69, 9.17) is 4.74 Å². The highest BCUT2D eigenvalue weighted by molar-refractivity contribution is 6.05. The average molecular weight is 837 g/mol. The highest BCUT2D eigenvalue weighted by Crippen LogP contribution is 2.42. The second-order valence-electron chi connectivity index (χ2n) is 18.5. The molecule has 1 unspecified atom stereocenters. The number of aromatic amines is 1. The smallest absolute Gasteiger partial charge is 0.255 e. The Bertz CT molecular complexity index is 2350. The third-order valence-electron chi connectivity index (χ3n) is 14.1. The van der Waals surface area contributed by atoms with Crippen LogP contribution in [-0.2, 0) is 16.1 Å². The van der Waals surface area contributed by atoms with E-state index >= 15 is 4.39 Å². The number of likely N-dealkylation sites (tertiary alicyclic amines) is 1. The zero-order chi connectivity index (χ0) is 42.0. The normalized spacial score (nSPS) is 24.1. The molecule has 1 saturated carbocycles. The molecule has 4 aromatic rings. The summed E-state index contributed by atoms with van der Waals surface area (Å²) in [6.45, 7) is 12.8. The first-order valence-electron chi connectivity index (χ1n) is 22.1. The molecule has 6 aliphatic rings. The van der Waals surface area contributed by atoms with Crippen molar-refractivity contribution in [2.75, 3.05) is 68.7 Å². The first-order chi connectivity index (χ1) is 29.5. The molecule has 0 spiro atoms. The Kier molecular flexibility index (Phi) is 10.4. The van der Waals surface area contributed by atoms with Gasteiger partial charge in [0.2, 0.25) is 11.8 Å². The van der Waals surface area contributed by atoms with Gasteiger partial charge in [-0.15, -0.1) is 0 Å². The zero-order valence-electron chi connectivity index (χ0n) is 35.0. The van der Waals surface area contributed by atoms with Gasteiger partial charge in [0.1, 0.15) is 29.5 Å². The lowest BCUT2D eigenvalue weighted by atomic mass is 9.92. The molecule has 0 bridgehead atoms. The number of benzene rings is 2. The standard InChI is InChI=1S/C45H54F2N10O4/c1-27-22-54(17-18-56(27)36-4-3-30-32(41(36)47)25-57(44(30)60)37-5-6-40(58)50-43(37)59)24-28-7-13-53(14-8-28)23-29-9-15-55(16-10-29)39-21-35(48-26-49-39)42-31-19-38(61-45(2)11-12-45)33(46)20-34(31)51-52-42/h3-4,19-21,26-29,37H,5-18,22-25H2,1-2H3,(H,51,52)(H,50,58,59)/t27-,37?/m0/s1. The maximum Gasteiger partial charge on any atom is 0.255 e. The average Bonchev–Trinajstić information content (AvgIpc) is 3.69. The van der Waals surface area contributed by atoms with Gasteiger partial charge in [-0.25, -0.2) is 18.7 Å². The van der Waals surface area contributed by atoms with E-state index in [0.717, 1.165) is 89.2 Å². The van der Waals surface area contributed by atoms with Crippen LogP contribution in [-0.4, -0.2) is 129 Å². The minimum absolute atomic E-state index is 0.0319. The molecule has 3 amide bonds. The van der Waals surface area contributed by atoms with E-state index in [1.165, 1.54) is 23.8 Å². The van der Waals surface area contributed by atoms with Crippen LogP contribution >= 0.6 is 0 Å². The van der Waals surface area contributed by atoms with E-state index in [1.807, 2.05) is 13.0 Å². The van der Waals surface area contributed by atoms with Crippen molar-refractivity contribution >= 4 is 40.1 Å². The van der Waals surface area contributed by atoms with E-state index in [9.17, 15) is 18.8 Å². The number of nitrogens with zero attached hydrogens (tertiary/aromatic N) is 8. The van der Waals surface area contributed by atoms with Crippen LogP contribution in [0.25, 0.3) is 22.3 Å². The third-order valence-corrected chi connectivity index (χ3v) is 14.1. The first kappa shape index (κ1) is 39.9. The molecule has 0 radical (unpaired) electrons. The topological polar surface area (TPSA) is 143 Å². The summed E-state index contributed by atoms with van der Waals surface area (Å²) < 4.78 is 36.9. The van der Waals surface area contributed by atoms with Gasteiger partial charge in [-0.3, -0.25) is 29.7 Å². The minimum atomic E-state index is -0.766. The number of aromatic nitrogens is 4. The summed E-state index contributed by atoms with van der Waals surface area (Å²) in [5.41, 5.74) is 2.81. The lowest BCUT2D eigenvalue weighted by Crippen LogP contribution is -2.54. The van der Waals surface area contributed by atoms with Gasteiger partial charge in [-0.2, -0.15) is 5.10 Å². The summed E-state index contributed by atoms with van der Waals surface area (Å²) in [5, 5.41) is 10.6. The number of ether oxygens (including phenoxy) is 1. The van der Waals surface area contributed by atoms with Gasteiger partial charge < -0.3 is 24.3 Å². The lowest BCUT2D eigenvalue weighted by Gasteiger charge is -2.44. The number of H-pyrrole nitrogens is 1. The van der Waals surface area contributed by atoms with E-state index in [-0.39, 0.29) is 54.4 Å². The van der Waals surface area contributed by atoms with Crippen LogP contribution in [0.2, 0.25) is 0 Å². The van der Waals surface area contributed by atoms with Crippen LogP contribution in [0.1, 0.15) is 81.1 Å². The molecule has 10 rings (SSSR count). The maximum atomic E-state index is 16.1. The zero-order valence-corrected chi connectivity index (χ0v) is 35.0. The number of carbonyl (C=O) groups excluding carboxylic acids is 3. The van der Waals surface area contributed by atoms with Crippen molar-refractivity contribution in [2.24, 2.45) is 11.8 Å². The summed E-state index contributed by atoms with van der Waals surface area (Å²) in [4.78, 5) is 57.6. The number of hydrogen-bond acceptors (Lipinski definition) is 11. The summed E-state index contributed by atoms with van der Waals surface area (Å²) in [6.07, 6.45) is 8.40. The fourth-order valence-electron chi connectivity index (χ4n) is 10.3. The van der Waals surface area contributed by atoms with Gasteiger partial charge in [0.15, 0.2) is 17.4 Å². The summed E-state index contributed by atoms with van der Waals surface area (Å²) in [6, 6.07) is 7.92. The van der Waals surface area contributed by atoms with Gasteiger partial charge in [0.05, 0.1) is 23.4 Å². The second kappa shape index (κ2) is 15.9. The van der Waals surface area contributed by atoms with Crippen LogP contribution in [0.5, 0.6) is 5.75 Å². The number of piperidine rings is 3. The molecule has 2 aromatic carbocycles. The molecule has 322 valence electrons. The Morgan fingerprint density at radius 1 is 0.869 bits per heavy atom. The molecule has 14 nitrogen and oxygen atoms in total. The number of imide groups is 1. The second-order valence-corrected chi connectivity index (χ2v) is 18.5. The number of carbonyl (C=O) groups is 3. The Morgan fingerprint density at radius 3 is 2.36 bits per heavy atom. The summed E-state index contributed by atoms with van der Waals surface area (Å²) >= 11 is 0. The van der Waals surface area contributed by atoms with E-state index in [0.29, 0.717) is 52.1 Å². The molecule has 4 saturated heterocycles. The minimum Gasteiger partial charge on any atom is -0.484 e. The van der Waals surface area contributed by atoms with Crippen LogP contribution < -0.4 is 19.9 Å². The third kappa shape index (κ3) is 7.92. The highest BCUT2D eigenvalue weighted by Gasteiger charge is 2.42. The van der Waals surface area contributed by atoms with Crippen LogP contribution in [0.15, 0.2) is 36.7 Å². The number of fused-ring (bicyclic) bond motifs is 2. The number of halogens is 2. The quantitative estimate of drug-likeness (QED) is 0.206. The SMILES string of the molecule is C[C@H]1CN(CC2CCN(CC3CCN(c4cc(-c5n[nH]c6cc(F)c(OC7(C)CC7)cc56)ncn4)CC3)CC2)CCN1c1ccc2c(c1F)CN(C1CCC(=O)NC1=O)C2=O. The molecule has 61 heavy (non-hydrogen) atoms. The maximum absolute atomic E-state index is 16.1. The predicted octanol–water partition coefficient (Wildman–Crippen LogP) is 5.13. The van der Waals surface area contributed by atoms with Crippen molar-refractivity contribution in [1.29, 1.82) is 0 Å². The monoisotopic (exact) mass is 836 g/mol. The van der Waals surface area contributed by atoms with E-state index in [2.05, 4.69) is 52.0 Å². The molecule has 2 N–H and O–H groups in total. The van der Waals surface area contributed by atoms with Gasteiger partial charge in [-0.1, -0.05) is 0 Å².